The van der Waals surface area contributed by atoms with Crippen molar-refractivity contribution in [2.75, 3.05) is 14.2 Å². The molecule has 3 aromatic rings. The maximum absolute atomic E-state index is 14.0. The Morgan fingerprint density at radius 1 is 1.07 bits per heavy atom. The van der Waals surface area contributed by atoms with E-state index in [4.69, 9.17) is 18.9 Å². The lowest BCUT2D eigenvalue weighted by atomic mass is 10.1. The van der Waals surface area contributed by atoms with E-state index in [9.17, 15) is 8.42 Å². The number of hydrogen-bond acceptors (Lipinski definition) is 10. The summed E-state index contributed by atoms with van der Waals surface area (Å²) in [7, 11) is -0.776. The summed E-state index contributed by atoms with van der Waals surface area (Å²) in [5.74, 6) is 1.57. The van der Waals surface area contributed by atoms with E-state index >= 15 is 0 Å². The highest BCUT2D eigenvalue weighted by molar-refractivity contribution is 7.91. The van der Waals surface area contributed by atoms with Crippen LogP contribution in [0.15, 0.2) is 30.6 Å². The van der Waals surface area contributed by atoms with Crippen LogP contribution < -0.4 is 9.47 Å². The molecular weight excluding hydrogens is 534 g/mol. The summed E-state index contributed by atoms with van der Waals surface area (Å²) in [6.07, 6.45) is 3.33. The second-order valence-electron chi connectivity index (χ2n) is 11.0. The van der Waals surface area contributed by atoms with Crippen LogP contribution in [0.5, 0.6) is 11.5 Å². The number of aromatic nitrogens is 5. The van der Waals surface area contributed by atoms with Gasteiger partial charge in [-0.2, -0.15) is 0 Å². The van der Waals surface area contributed by atoms with Gasteiger partial charge in [0.05, 0.1) is 31.2 Å². The molecule has 0 saturated carbocycles. The smallest absolute Gasteiger partial charge is 0.167 e. The number of para-hydroxylation sites is 1. The number of aryl methyl sites for hydroxylation is 1. The lowest BCUT2D eigenvalue weighted by molar-refractivity contribution is -0.0207. The van der Waals surface area contributed by atoms with Gasteiger partial charge in [0.25, 0.3) is 0 Å². The van der Waals surface area contributed by atoms with E-state index in [1.54, 1.807) is 56.3 Å². The van der Waals surface area contributed by atoms with Crippen molar-refractivity contribution in [3.8, 4) is 17.2 Å². The molecule has 0 spiro atoms. The zero-order chi connectivity index (χ0) is 29.2. The van der Waals surface area contributed by atoms with Crippen LogP contribution >= 0.6 is 0 Å². The van der Waals surface area contributed by atoms with E-state index in [-0.39, 0.29) is 23.6 Å². The predicted octanol–water partition coefficient (Wildman–Crippen LogP) is 4.48. The highest BCUT2D eigenvalue weighted by atomic mass is 32.2. The molecule has 0 aliphatic carbocycles. The zero-order valence-corrected chi connectivity index (χ0v) is 25.2. The Morgan fingerprint density at radius 3 is 2.23 bits per heavy atom. The van der Waals surface area contributed by atoms with E-state index < -0.39 is 26.9 Å². The van der Waals surface area contributed by atoms with E-state index in [2.05, 4.69) is 20.2 Å². The molecule has 3 atom stereocenters. The van der Waals surface area contributed by atoms with Gasteiger partial charge in [0.1, 0.15) is 35.1 Å². The molecule has 1 aliphatic heterocycles. The molecule has 0 bridgehead atoms. The third-order valence-electron chi connectivity index (χ3n) is 6.94. The van der Waals surface area contributed by atoms with Crippen molar-refractivity contribution in [1.82, 2.24) is 24.7 Å². The van der Waals surface area contributed by atoms with E-state index in [0.29, 0.717) is 35.3 Å². The maximum atomic E-state index is 14.0. The van der Waals surface area contributed by atoms with Gasteiger partial charge < -0.3 is 18.9 Å². The average Bonchev–Trinajstić information content (AvgIpc) is 3.48. The first-order chi connectivity index (χ1) is 18.9. The summed E-state index contributed by atoms with van der Waals surface area (Å²) in [6.45, 7) is 11.2. The van der Waals surface area contributed by atoms with Crippen molar-refractivity contribution in [3.05, 3.63) is 53.6 Å². The molecule has 4 rings (SSSR count). The summed E-state index contributed by atoms with van der Waals surface area (Å²) in [5.41, 5.74) is 1.03. The minimum Gasteiger partial charge on any atom is -0.494 e. The SMILES string of the molecule is COc1cccc(OC)c1-n1c(CS(=O)(=O)[C@@H](C)[C@@H](OC(C)C)c2ncc(C)cn2)nnc1[C@H]1CCC(C)(C)O1. The van der Waals surface area contributed by atoms with Crippen molar-refractivity contribution in [2.24, 2.45) is 0 Å². The molecule has 40 heavy (non-hydrogen) atoms. The van der Waals surface area contributed by atoms with Crippen molar-refractivity contribution in [1.29, 1.82) is 0 Å². The minimum absolute atomic E-state index is 0.214. The van der Waals surface area contributed by atoms with Crippen LogP contribution in [0.3, 0.4) is 0 Å². The first-order valence-corrected chi connectivity index (χ1v) is 15.1. The molecule has 0 unspecified atom stereocenters. The van der Waals surface area contributed by atoms with Crippen molar-refractivity contribution < 1.29 is 27.4 Å². The molecule has 1 aliphatic rings. The Labute approximate surface area is 236 Å². The molecule has 1 fully saturated rings. The number of rotatable bonds is 11. The van der Waals surface area contributed by atoms with Crippen LogP contribution in [0.2, 0.25) is 0 Å². The van der Waals surface area contributed by atoms with Crippen LogP contribution in [0.25, 0.3) is 5.69 Å². The molecular formula is C28H39N5O6S. The molecule has 3 heterocycles. The lowest BCUT2D eigenvalue weighted by Gasteiger charge is -2.25. The topological polar surface area (TPSA) is 128 Å². The highest BCUT2D eigenvalue weighted by Crippen LogP contribution is 2.42. The number of ether oxygens (including phenoxy) is 4. The zero-order valence-electron chi connectivity index (χ0n) is 24.4. The van der Waals surface area contributed by atoms with Gasteiger partial charge in [0.2, 0.25) is 0 Å². The Morgan fingerprint density at radius 2 is 1.70 bits per heavy atom. The van der Waals surface area contributed by atoms with Crippen LogP contribution in [0, 0.1) is 6.92 Å². The molecule has 12 heteroatoms. The number of nitrogens with zero attached hydrogens (tertiary/aromatic N) is 5. The second-order valence-corrected chi connectivity index (χ2v) is 13.3. The Bertz CT molecular complexity index is 1400. The van der Waals surface area contributed by atoms with Crippen LogP contribution in [0.4, 0.5) is 0 Å². The Kier molecular flexibility index (Phi) is 8.81. The summed E-state index contributed by atoms with van der Waals surface area (Å²) in [6, 6.07) is 5.36. The van der Waals surface area contributed by atoms with Gasteiger partial charge in [0.15, 0.2) is 27.3 Å². The van der Waals surface area contributed by atoms with Crippen molar-refractivity contribution >= 4 is 9.84 Å². The number of hydrogen-bond donors (Lipinski definition) is 0. The first-order valence-electron chi connectivity index (χ1n) is 13.4. The predicted molar refractivity (Wildman–Crippen MR) is 149 cm³/mol. The van der Waals surface area contributed by atoms with E-state index in [0.717, 1.165) is 12.0 Å². The fraction of sp³-hybridized carbons (Fsp3) is 0.571. The van der Waals surface area contributed by atoms with Gasteiger partial charge in [-0.25, -0.2) is 18.4 Å². The summed E-state index contributed by atoms with van der Waals surface area (Å²) < 4.78 is 53.3. The second kappa shape index (κ2) is 11.8. The third-order valence-corrected chi connectivity index (χ3v) is 8.98. The van der Waals surface area contributed by atoms with Crippen LogP contribution in [-0.2, 0) is 25.1 Å². The quantitative estimate of drug-likeness (QED) is 0.324. The van der Waals surface area contributed by atoms with Crippen LogP contribution in [-0.4, -0.2) is 64.3 Å². The van der Waals surface area contributed by atoms with E-state index in [1.165, 1.54) is 0 Å². The molecule has 0 N–H and O–H groups in total. The first kappa shape index (κ1) is 29.9. The molecule has 218 valence electrons. The lowest BCUT2D eigenvalue weighted by Crippen LogP contribution is -2.32. The molecule has 0 amide bonds. The van der Waals surface area contributed by atoms with Gasteiger partial charge in [-0.3, -0.25) is 4.57 Å². The maximum Gasteiger partial charge on any atom is 0.167 e. The van der Waals surface area contributed by atoms with Crippen molar-refractivity contribution in [2.45, 2.75) is 89.3 Å². The standard InChI is InChI=1S/C28H39N5O6S/c1-17(2)38-25(26-29-14-18(3)15-30-26)19(4)40(34,35)16-23-31-32-27(22-12-13-28(5,6)39-22)33(23)24-20(36-7)10-9-11-21(24)37-8/h9-11,14-15,17,19,22,25H,12-13,16H2,1-8H3/t19-,22+,25+/m0/s1. The highest BCUT2D eigenvalue weighted by Gasteiger charge is 2.39. The van der Waals surface area contributed by atoms with Crippen molar-refractivity contribution in [3.63, 3.8) is 0 Å². The fourth-order valence-electron chi connectivity index (χ4n) is 4.82. The number of benzene rings is 1. The molecule has 11 nitrogen and oxygen atoms in total. The molecule has 1 aromatic carbocycles. The number of methoxy groups -OCH3 is 2. The minimum atomic E-state index is -3.87. The molecule has 0 radical (unpaired) electrons. The third kappa shape index (κ3) is 6.29. The average molecular weight is 574 g/mol. The summed E-state index contributed by atoms with van der Waals surface area (Å²) in [4.78, 5) is 8.74. The normalized spacial score (nSPS) is 18.6. The monoisotopic (exact) mass is 573 g/mol. The summed E-state index contributed by atoms with van der Waals surface area (Å²) >= 11 is 0. The largest absolute Gasteiger partial charge is 0.494 e. The fourth-order valence-corrected chi connectivity index (χ4v) is 6.19. The van der Waals surface area contributed by atoms with Gasteiger partial charge >= 0.3 is 0 Å². The Hall–Kier alpha value is -3.09. The van der Waals surface area contributed by atoms with Gasteiger partial charge in [-0.05, 0) is 72.1 Å². The molecule has 2 aromatic heterocycles. The van der Waals surface area contributed by atoms with E-state index in [1.807, 2.05) is 34.6 Å². The van der Waals surface area contributed by atoms with Crippen LogP contribution in [0.1, 0.15) is 82.7 Å². The number of sulfone groups is 1. The summed E-state index contributed by atoms with van der Waals surface area (Å²) in [5, 5.41) is 7.85. The van der Waals surface area contributed by atoms with Gasteiger partial charge in [0, 0.05) is 12.4 Å². The molecule has 1 saturated heterocycles. The Balaban J connectivity index is 1.80. The van der Waals surface area contributed by atoms with Gasteiger partial charge in [-0.15, -0.1) is 10.2 Å². The van der Waals surface area contributed by atoms with Gasteiger partial charge in [-0.1, -0.05) is 6.07 Å².